The Kier molecular flexibility index (Phi) is 13.8. The zero-order chi connectivity index (χ0) is 19.1. The molecule has 1 aromatic rings. The van der Waals surface area contributed by atoms with E-state index in [-0.39, 0.29) is 6.42 Å². The maximum Gasteiger partial charge on any atom is 0.305 e. The van der Waals surface area contributed by atoms with Crippen molar-refractivity contribution in [2.24, 2.45) is 0 Å². The minimum absolute atomic E-state index is 0.0762. The molecule has 1 aliphatic rings. The molecule has 2 rings (SSSR count). The Labute approximate surface area is 155 Å². The molecule has 0 radical (unpaired) electrons. The molecule has 0 aliphatic carbocycles. The number of likely N-dealkylation sites (tertiary alicyclic amines) is 1. The van der Waals surface area contributed by atoms with Gasteiger partial charge in [-0.25, -0.2) is 4.98 Å². The summed E-state index contributed by atoms with van der Waals surface area (Å²) < 4.78 is 1.75. The normalized spacial score (nSPS) is 13.2. The van der Waals surface area contributed by atoms with Crippen LogP contribution in [0.2, 0.25) is 5.15 Å². The molecule has 0 bridgehead atoms. The number of nitrogens with zero attached hydrogens (tertiary/aromatic N) is 3. The second kappa shape index (κ2) is 14.7. The number of carbonyl (C=O) groups is 2. The van der Waals surface area contributed by atoms with Gasteiger partial charge in [0.05, 0.1) is 12.6 Å². The smallest absolute Gasteiger partial charge is 0.305 e. The number of aryl methyl sites for hydroxylation is 1. The number of aliphatic carboxylic acids is 1. The van der Waals surface area contributed by atoms with Crippen LogP contribution in [0.4, 0.5) is 0 Å². The minimum atomic E-state index is -0.822. The van der Waals surface area contributed by atoms with Crippen LogP contribution in [0, 0.1) is 0 Å². The predicted octanol–water partition coefficient (Wildman–Crippen LogP) is 2.43. The number of piperidine rings is 1. The number of carbonyl (C=O) groups excluding carboxylic acids is 1. The Morgan fingerprint density at radius 2 is 1.96 bits per heavy atom. The lowest BCUT2D eigenvalue weighted by Gasteiger charge is -2.21. The summed E-state index contributed by atoms with van der Waals surface area (Å²) in [5, 5.41) is 11.8. The largest absolute Gasteiger partial charge is 0.481 e. The molecule has 1 fully saturated rings. The van der Waals surface area contributed by atoms with Crippen molar-refractivity contribution >= 4 is 24.0 Å². The van der Waals surface area contributed by atoms with Crippen molar-refractivity contribution in [3.8, 4) is 0 Å². The Morgan fingerprint density at radius 3 is 2.40 bits per heavy atom. The second-order valence-corrected chi connectivity index (χ2v) is 6.13. The molecule has 8 heteroatoms. The molecule has 2 N–H and O–H groups in total. The fourth-order valence-electron chi connectivity index (χ4n) is 2.28. The highest BCUT2D eigenvalue weighted by Gasteiger charge is 2.08. The lowest BCUT2D eigenvalue weighted by molar-refractivity contribution is -0.137. The number of hydrogen-bond acceptors (Lipinski definition) is 4. The fraction of sp³-hybridized carbons (Fsp3) is 0.706. The molecule has 0 aromatic carbocycles. The molecule has 144 valence electrons. The SMILES string of the molecule is CCCc1ncc(Cl)n1CCC(=O)O.CNC.O=CN1CCCCC1. The lowest BCUT2D eigenvalue weighted by Crippen LogP contribution is -2.27. The van der Waals surface area contributed by atoms with E-state index in [1.807, 2.05) is 25.9 Å². The summed E-state index contributed by atoms with van der Waals surface area (Å²) in [6.07, 6.45) is 8.06. The van der Waals surface area contributed by atoms with Crippen LogP contribution in [0.1, 0.15) is 44.9 Å². The van der Waals surface area contributed by atoms with Crippen molar-refractivity contribution in [3.63, 3.8) is 0 Å². The van der Waals surface area contributed by atoms with Gasteiger partial charge < -0.3 is 19.9 Å². The molecule has 2 heterocycles. The standard InChI is InChI=1S/C9H13ClN2O2.C6H11NO.C2H7N/c1-2-3-8-11-6-7(10)12(8)5-4-9(13)14;8-6-7-4-2-1-3-5-7;1-3-2/h6H,2-5H2,1H3,(H,13,14);6H,1-5H2;3H,1-2H3. The molecule has 0 spiro atoms. The Balaban J connectivity index is 0.000000440. The maximum atomic E-state index is 10.4. The van der Waals surface area contributed by atoms with Crippen LogP contribution in [-0.2, 0) is 22.6 Å². The molecule has 1 amide bonds. The highest BCUT2D eigenvalue weighted by molar-refractivity contribution is 6.29. The van der Waals surface area contributed by atoms with E-state index in [0.717, 1.165) is 38.2 Å². The van der Waals surface area contributed by atoms with Crippen molar-refractivity contribution in [1.82, 2.24) is 19.8 Å². The number of amides is 1. The topological polar surface area (TPSA) is 87.5 Å². The summed E-state index contributed by atoms with van der Waals surface area (Å²) in [6, 6.07) is 0. The van der Waals surface area contributed by atoms with Crippen LogP contribution < -0.4 is 5.32 Å². The number of nitrogens with one attached hydrogen (secondary N) is 1. The van der Waals surface area contributed by atoms with E-state index >= 15 is 0 Å². The van der Waals surface area contributed by atoms with Gasteiger partial charge in [0.25, 0.3) is 0 Å². The van der Waals surface area contributed by atoms with E-state index in [9.17, 15) is 9.59 Å². The third-order valence-corrected chi connectivity index (χ3v) is 3.75. The first-order valence-corrected chi connectivity index (χ1v) is 9.07. The van der Waals surface area contributed by atoms with Gasteiger partial charge in [0.2, 0.25) is 6.41 Å². The van der Waals surface area contributed by atoms with Crippen LogP contribution in [0.25, 0.3) is 0 Å². The van der Waals surface area contributed by atoms with E-state index in [1.54, 1.807) is 10.8 Å². The zero-order valence-corrected chi connectivity index (χ0v) is 16.3. The van der Waals surface area contributed by atoms with E-state index in [0.29, 0.717) is 11.7 Å². The summed E-state index contributed by atoms with van der Waals surface area (Å²) in [5.74, 6) is 0.0379. The van der Waals surface area contributed by atoms with Gasteiger partial charge in [-0.2, -0.15) is 0 Å². The van der Waals surface area contributed by atoms with Gasteiger partial charge in [0, 0.05) is 26.1 Å². The molecule has 0 saturated carbocycles. The minimum Gasteiger partial charge on any atom is -0.481 e. The zero-order valence-electron chi connectivity index (χ0n) is 15.5. The van der Waals surface area contributed by atoms with Crippen molar-refractivity contribution in [2.45, 2.75) is 52.0 Å². The van der Waals surface area contributed by atoms with E-state index < -0.39 is 5.97 Å². The molecule has 25 heavy (non-hydrogen) atoms. The van der Waals surface area contributed by atoms with Gasteiger partial charge in [-0.05, 0) is 39.8 Å². The first kappa shape index (κ1) is 23.4. The van der Waals surface area contributed by atoms with Crippen LogP contribution in [-0.4, -0.2) is 59.1 Å². The Hall–Kier alpha value is -1.60. The number of hydrogen-bond donors (Lipinski definition) is 2. The third-order valence-electron chi connectivity index (χ3n) is 3.45. The van der Waals surface area contributed by atoms with E-state index in [1.165, 1.54) is 19.3 Å². The molecule has 0 atom stereocenters. The van der Waals surface area contributed by atoms with E-state index in [4.69, 9.17) is 16.7 Å². The predicted molar refractivity (Wildman–Crippen MR) is 100.0 cm³/mol. The second-order valence-electron chi connectivity index (χ2n) is 5.74. The first-order valence-electron chi connectivity index (χ1n) is 8.69. The Bertz CT molecular complexity index is 488. The summed E-state index contributed by atoms with van der Waals surface area (Å²) in [6.45, 7) is 4.39. The number of rotatable bonds is 6. The summed E-state index contributed by atoms with van der Waals surface area (Å²) in [5.41, 5.74) is 0. The maximum absolute atomic E-state index is 10.4. The van der Waals surface area contributed by atoms with Crippen molar-refractivity contribution < 1.29 is 14.7 Å². The molecule has 0 unspecified atom stereocenters. The van der Waals surface area contributed by atoms with Crippen LogP contribution in [0.5, 0.6) is 0 Å². The molecular weight excluding hydrogens is 344 g/mol. The monoisotopic (exact) mass is 374 g/mol. The molecule has 1 aromatic heterocycles. The molecule has 1 aliphatic heterocycles. The van der Waals surface area contributed by atoms with Gasteiger partial charge in [-0.3, -0.25) is 9.59 Å². The average molecular weight is 375 g/mol. The van der Waals surface area contributed by atoms with Gasteiger partial charge in [-0.1, -0.05) is 18.5 Å². The highest BCUT2D eigenvalue weighted by Crippen LogP contribution is 2.13. The lowest BCUT2D eigenvalue weighted by atomic mass is 10.1. The number of aromatic nitrogens is 2. The molecule has 1 saturated heterocycles. The Morgan fingerprint density at radius 1 is 1.36 bits per heavy atom. The third kappa shape index (κ3) is 10.8. The average Bonchev–Trinajstić information content (AvgIpc) is 2.95. The van der Waals surface area contributed by atoms with Crippen LogP contribution >= 0.6 is 11.6 Å². The molecule has 7 nitrogen and oxygen atoms in total. The quantitative estimate of drug-likeness (QED) is 0.746. The first-order chi connectivity index (χ1) is 12.0. The fourth-order valence-corrected chi connectivity index (χ4v) is 2.51. The van der Waals surface area contributed by atoms with Crippen molar-refractivity contribution in [1.29, 1.82) is 0 Å². The number of halogens is 1. The van der Waals surface area contributed by atoms with Crippen LogP contribution in [0.3, 0.4) is 0 Å². The van der Waals surface area contributed by atoms with Gasteiger partial charge in [0.1, 0.15) is 11.0 Å². The summed E-state index contributed by atoms with van der Waals surface area (Å²) >= 11 is 5.87. The van der Waals surface area contributed by atoms with Gasteiger partial charge in [-0.15, -0.1) is 0 Å². The highest BCUT2D eigenvalue weighted by atomic mass is 35.5. The molecular formula is C17H31ClN4O3. The van der Waals surface area contributed by atoms with Gasteiger partial charge in [0.15, 0.2) is 0 Å². The van der Waals surface area contributed by atoms with Gasteiger partial charge >= 0.3 is 5.97 Å². The number of carboxylic acid groups (broad SMARTS) is 1. The van der Waals surface area contributed by atoms with E-state index in [2.05, 4.69) is 10.3 Å². The van der Waals surface area contributed by atoms with Crippen molar-refractivity contribution in [2.75, 3.05) is 27.2 Å². The summed E-state index contributed by atoms with van der Waals surface area (Å²) in [4.78, 5) is 26.4. The summed E-state index contributed by atoms with van der Waals surface area (Å²) in [7, 11) is 3.75. The van der Waals surface area contributed by atoms with Crippen molar-refractivity contribution in [3.05, 3.63) is 17.2 Å². The number of carboxylic acids is 1. The van der Waals surface area contributed by atoms with Crippen LogP contribution in [0.15, 0.2) is 6.20 Å². The number of imidazole rings is 1.